The maximum Gasteiger partial charge on any atom is 0.241 e. The Labute approximate surface area is 118 Å². The van der Waals surface area contributed by atoms with Crippen LogP contribution in [0.4, 0.5) is 5.69 Å². The molecule has 0 radical (unpaired) electrons. The summed E-state index contributed by atoms with van der Waals surface area (Å²) in [5.41, 5.74) is 1.05. The van der Waals surface area contributed by atoms with Crippen molar-refractivity contribution in [2.45, 2.75) is 32.4 Å². The van der Waals surface area contributed by atoms with Crippen LogP contribution in [0.5, 0.6) is 0 Å². The van der Waals surface area contributed by atoms with Gasteiger partial charge in [-0.1, -0.05) is 12.1 Å². The van der Waals surface area contributed by atoms with Gasteiger partial charge in [-0.3, -0.25) is 14.5 Å². The van der Waals surface area contributed by atoms with Crippen LogP contribution < -0.4 is 5.32 Å². The molecule has 1 aliphatic heterocycles. The van der Waals surface area contributed by atoms with Crippen LogP contribution >= 0.6 is 0 Å². The van der Waals surface area contributed by atoms with Crippen molar-refractivity contribution in [3.05, 3.63) is 29.8 Å². The average Bonchev–Trinajstić information content (AvgIpc) is 2.84. The van der Waals surface area contributed by atoms with Crippen molar-refractivity contribution in [3.8, 4) is 0 Å². The molecule has 5 heteroatoms. The van der Waals surface area contributed by atoms with Crippen LogP contribution in [0.25, 0.3) is 0 Å². The highest BCUT2D eigenvalue weighted by atomic mass is 16.3. The van der Waals surface area contributed by atoms with E-state index < -0.39 is 0 Å². The van der Waals surface area contributed by atoms with Gasteiger partial charge in [-0.15, -0.1) is 0 Å². The number of nitrogens with one attached hydrogen (secondary N) is 1. The normalized spacial score (nSPS) is 20.6. The number of anilines is 1. The topological polar surface area (TPSA) is 69.6 Å². The fourth-order valence-electron chi connectivity index (χ4n) is 2.42. The first kappa shape index (κ1) is 14.7. The molecule has 0 spiro atoms. The van der Waals surface area contributed by atoms with Gasteiger partial charge in [-0.25, -0.2) is 0 Å². The van der Waals surface area contributed by atoms with Gasteiger partial charge >= 0.3 is 0 Å². The van der Waals surface area contributed by atoms with E-state index >= 15 is 0 Å². The summed E-state index contributed by atoms with van der Waals surface area (Å²) in [4.78, 5) is 25.7. The number of likely N-dealkylation sites (tertiary alicyclic amines) is 1. The molecule has 1 heterocycles. The smallest absolute Gasteiger partial charge is 0.241 e. The van der Waals surface area contributed by atoms with Crippen LogP contribution in [0.3, 0.4) is 0 Å². The number of carbonyl (C=O) groups excluding carboxylic acids is 2. The SMILES string of the molecule is CC(=O)c1ccccc1NC(=O)C(C)N1CCC(O)C1. The fourth-order valence-corrected chi connectivity index (χ4v) is 2.42. The predicted octanol–water partition coefficient (Wildman–Crippen LogP) is 1.28. The molecule has 1 aliphatic rings. The lowest BCUT2D eigenvalue weighted by atomic mass is 10.1. The van der Waals surface area contributed by atoms with Crippen LogP contribution in [0.1, 0.15) is 30.6 Å². The van der Waals surface area contributed by atoms with E-state index in [9.17, 15) is 14.7 Å². The summed E-state index contributed by atoms with van der Waals surface area (Å²) in [6, 6.07) is 6.65. The summed E-state index contributed by atoms with van der Waals surface area (Å²) in [6.45, 7) is 4.52. The number of aliphatic hydroxyl groups is 1. The van der Waals surface area contributed by atoms with Gasteiger partial charge in [0.15, 0.2) is 5.78 Å². The van der Waals surface area contributed by atoms with Gasteiger partial charge in [0.05, 0.1) is 17.8 Å². The summed E-state index contributed by atoms with van der Waals surface area (Å²) in [5.74, 6) is -0.238. The average molecular weight is 276 g/mol. The van der Waals surface area contributed by atoms with Crippen LogP contribution in [0.2, 0.25) is 0 Å². The van der Waals surface area contributed by atoms with Gasteiger partial charge < -0.3 is 10.4 Å². The number of hydrogen-bond acceptors (Lipinski definition) is 4. The van der Waals surface area contributed by atoms with E-state index in [1.165, 1.54) is 6.92 Å². The Kier molecular flexibility index (Phi) is 4.52. The largest absolute Gasteiger partial charge is 0.392 e. The molecule has 0 bridgehead atoms. The van der Waals surface area contributed by atoms with Gasteiger partial charge in [0.1, 0.15) is 0 Å². The first-order valence-electron chi connectivity index (χ1n) is 6.82. The van der Waals surface area contributed by atoms with E-state index in [-0.39, 0.29) is 23.8 Å². The van der Waals surface area contributed by atoms with Gasteiger partial charge in [0.25, 0.3) is 0 Å². The molecule has 2 rings (SSSR count). The third-order valence-corrected chi connectivity index (χ3v) is 3.69. The molecule has 1 amide bonds. The highest BCUT2D eigenvalue weighted by molar-refractivity contribution is 6.04. The Morgan fingerprint density at radius 3 is 2.70 bits per heavy atom. The van der Waals surface area contributed by atoms with Gasteiger partial charge in [-0.05, 0) is 32.4 Å². The molecule has 1 saturated heterocycles. The molecule has 2 N–H and O–H groups in total. The lowest BCUT2D eigenvalue weighted by Gasteiger charge is -2.23. The zero-order valence-corrected chi connectivity index (χ0v) is 11.8. The lowest BCUT2D eigenvalue weighted by molar-refractivity contribution is -0.120. The van der Waals surface area contributed by atoms with Crippen molar-refractivity contribution in [3.63, 3.8) is 0 Å². The second-order valence-corrected chi connectivity index (χ2v) is 5.20. The van der Waals surface area contributed by atoms with E-state index in [4.69, 9.17) is 0 Å². The maximum absolute atomic E-state index is 12.2. The van der Waals surface area contributed by atoms with E-state index in [0.717, 1.165) is 0 Å². The number of rotatable bonds is 4. The summed E-state index contributed by atoms with van der Waals surface area (Å²) in [6.07, 6.45) is 0.344. The Balaban J connectivity index is 2.06. The molecule has 0 saturated carbocycles. The lowest BCUT2D eigenvalue weighted by Crippen LogP contribution is -2.41. The van der Waals surface area contributed by atoms with E-state index in [2.05, 4.69) is 5.32 Å². The van der Waals surface area contributed by atoms with Crippen molar-refractivity contribution in [1.82, 2.24) is 4.90 Å². The van der Waals surface area contributed by atoms with Crippen molar-refractivity contribution in [2.24, 2.45) is 0 Å². The molecular weight excluding hydrogens is 256 g/mol. The monoisotopic (exact) mass is 276 g/mol. The number of carbonyl (C=O) groups is 2. The van der Waals surface area contributed by atoms with Crippen molar-refractivity contribution in [2.75, 3.05) is 18.4 Å². The van der Waals surface area contributed by atoms with Crippen LogP contribution in [0, 0.1) is 0 Å². The number of nitrogens with zero attached hydrogens (tertiary/aromatic N) is 1. The summed E-state index contributed by atoms with van der Waals surface area (Å²) in [5, 5.41) is 12.3. The van der Waals surface area contributed by atoms with Gasteiger partial charge in [0, 0.05) is 18.7 Å². The second kappa shape index (κ2) is 6.15. The highest BCUT2D eigenvalue weighted by Crippen LogP contribution is 2.18. The number of hydrogen-bond donors (Lipinski definition) is 2. The second-order valence-electron chi connectivity index (χ2n) is 5.20. The fraction of sp³-hybridized carbons (Fsp3) is 0.467. The van der Waals surface area contributed by atoms with Crippen LogP contribution in [0.15, 0.2) is 24.3 Å². The third kappa shape index (κ3) is 3.23. The minimum absolute atomic E-state index is 0.0786. The van der Waals surface area contributed by atoms with Gasteiger partial charge in [-0.2, -0.15) is 0 Å². The maximum atomic E-state index is 12.2. The number of β-amino-alcohol motifs (C(OH)–C–C–N with tert-alkyl or cyclic N) is 1. The highest BCUT2D eigenvalue weighted by Gasteiger charge is 2.28. The molecule has 2 unspecified atom stereocenters. The quantitative estimate of drug-likeness (QED) is 0.813. The number of para-hydroxylation sites is 1. The molecule has 1 aromatic carbocycles. The standard InChI is InChI=1S/C15H20N2O3/c1-10(17-8-7-12(19)9-17)15(20)16-14-6-4-3-5-13(14)11(2)18/h3-6,10,12,19H,7-9H2,1-2H3,(H,16,20). The zero-order valence-electron chi connectivity index (χ0n) is 11.8. The first-order chi connectivity index (χ1) is 9.49. The molecular formula is C15H20N2O3. The Hall–Kier alpha value is -1.72. The molecule has 108 valence electrons. The van der Waals surface area contributed by atoms with Gasteiger partial charge in [0.2, 0.25) is 5.91 Å². The first-order valence-corrected chi connectivity index (χ1v) is 6.82. The number of amides is 1. The van der Waals surface area contributed by atoms with E-state index in [0.29, 0.717) is 30.8 Å². The number of Topliss-reactive ketones (excluding diaryl/α,β-unsaturated/α-hetero) is 1. The van der Waals surface area contributed by atoms with Crippen molar-refractivity contribution in [1.29, 1.82) is 0 Å². The van der Waals surface area contributed by atoms with E-state index in [1.54, 1.807) is 24.3 Å². The minimum Gasteiger partial charge on any atom is -0.392 e. The Morgan fingerprint density at radius 2 is 2.10 bits per heavy atom. The summed E-state index contributed by atoms with van der Waals surface area (Å²) >= 11 is 0. The number of aliphatic hydroxyl groups excluding tert-OH is 1. The van der Waals surface area contributed by atoms with Crippen LogP contribution in [-0.4, -0.2) is 46.9 Å². The molecule has 1 fully saturated rings. The summed E-state index contributed by atoms with van der Waals surface area (Å²) < 4.78 is 0. The predicted molar refractivity (Wildman–Crippen MR) is 76.7 cm³/mol. The molecule has 20 heavy (non-hydrogen) atoms. The Bertz CT molecular complexity index is 516. The third-order valence-electron chi connectivity index (χ3n) is 3.69. The van der Waals surface area contributed by atoms with Crippen LogP contribution in [-0.2, 0) is 4.79 Å². The van der Waals surface area contributed by atoms with Crippen molar-refractivity contribution >= 4 is 17.4 Å². The number of ketones is 1. The molecule has 0 aromatic heterocycles. The molecule has 0 aliphatic carbocycles. The Morgan fingerprint density at radius 1 is 1.40 bits per heavy atom. The minimum atomic E-state index is -0.352. The zero-order chi connectivity index (χ0) is 14.7. The summed E-state index contributed by atoms with van der Waals surface area (Å²) in [7, 11) is 0. The molecule has 1 aromatic rings. The van der Waals surface area contributed by atoms with E-state index in [1.807, 2.05) is 11.8 Å². The van der Waals surface area contributed by atoms with Crippen molar-refractivity contribution < 1.29 is 14.7 Å². The molecule has 5 nitrogen and oxygen atoms in total. The molecule has 2 atom stereocenters. The number of benzene rings is 1.